The lowest BCUT2D eigenvalue weighted by molar-refractivity contribution is -0.235. The highest BCUT2D eigenvalue weighted by Crippen LogP contribution is 2.46. The first-order chi connectivity index (χ1) is 8.98. The number of carbonyl (C=O) groups is 1. The van der Waals surface area contributed by atoms with Gasteiger partial charge in [0.2, 0.25) is 0 Å². The van der Waals surface area contributed by atoms with Crippen molar-refractivity contribution < 1.29 is 37.4 Å². The second kappa shape index (κ2) is 5.53. The number of carboxylic acids is 1. The van der Waals surface area contributed by atoms with Crippen LogP contribution in [-0.2, 0) is 9.36 Å². The van der Waals surface area contributed by atoms with Crippen LogP contribution in [0.3, 0.4) is 0 Å². The summed E-state index contributed by atoms with van der Waals surface area (Å²) in [7, 11) is -5.12. The molecule has 1 aromatic rings. The van der Waals surface area contributed by atoms with Crippen LogP contribution in [-0.4, -0.2) is 40.0 Å². The van der Waals surface area contributed by atoms with Gasteiger partial charge in [-0.25, -0.2) is 4.79 Å². The summed E-state index contributed by atoms with van der Waals surface area (Å²) in [5.41, 5.74) is -0.550. The molecular formula is C10H12F3NO5P+. The molecule has 0 spiro atoms. The monoisotopic (exact) mass is 314 g/mol. The first kappa shape index (κ1) is 16.6. The minimum absolute atomic E-state index is 0.550. The van der Waals surface area contributed by atoms with Gasteiger partial charge in [0.05, 0.1) is 0 Å². The molecular weight excluding hydrogens is 302 g/mol. The molecule has 20 heavy (non-hydrogen) atoms. The van der Waals surface area contributed by atoms with Gasteiger partial charge in [0.15, 0.2) is 12.8 Å². The van der Waals surface area contributed by atoms with Gasteiger partial charge in [0.25, 0.3) is 0 Å². The van der Waals surface area contributed by atoms with E-state index >= 15 is 0 Å². The topological polar surface area (TPSA) is 94.8 Å². The summed E-state index contributed by atoms with van der Waals surface area (Å²) in [6.45, 7) is -1.52. The Morgan fingerprint density at radius 1 is 1.20 bits per heavy atom. The lowest BCUT2D eigenvalue weighted by atomic mass is 10.2. The number of alkyl halides is 3. The first-order valence-electron chi connectivity index (χ1n) is 5.24. The van der Waals surface area contributed by atoms with E-state index in [4.69, 9.17) is 14.9 Å². The maximum absolute atomic E-state index is 13.3. The van der Waals surface area contributed by atoms with Crippen LogP contribution in [0, 0.1) is 0 Å². The number of quaternary nitrogens is 1. The summed E-state index contributed by atoms with van der Waals surface area (Å²) in [5.74, 6) is -1.82. The molecule has 0 saturated carbocycles. The molecule has 0 aliphatic rings. The van der Waals surface area contributed by atoms with E-state index in [1.54, 1.807) is 0 Å². The quantitative estimate of drug-likeness (QED) is 0.437. The number of hydrogen-bond donors (Lipinski definition) is 3. The molecule has 1 aromatic carbocycles. The van der Waals surface area contributed by atoms with E-state index in [9.17, 15) is 22.5 Å². The highest BCUT2D eigenvalue weighted by Gasteiger charge is 2.60. The molecule has 0 radical (unpaired) electrons. The number of aliphatic carboxylic acids is 1. The standard InChI is InChI=1S/C10H11F3NO5P/c11-10(12,13)14(6-9(15)16,7-20(17,18)19)8-4-2-1-3-5-8/h1-5H,6-7H2,(H2-,15,16,17,18,19)/p+1. The Bertz CT molecular complexity index is 529. The molecule has 6 nitrogen and oxygen atoms in total. The van der Waals surface area contributed by atoms with Crippen LogP contribution in [0.5, 0.6) is 0 Å². The van der Waals surface area contributed by atoms with Crippen molar-refractivity contribution in [2.75, 3.05) is 12.8 Å². The van der Waals surface area contributed by atoms with Gasteiger partial charge in [-0.3, -0.25) is 4.57 Å². The van der Waals surface area contributed by atoms with Gasteiger partial charge in [0, 0.05) is 0 Å². The summed E-state index contributed by atoms with van der Waals surface area (Å²) in [4.78, 5) is 28.5. The maximum Gasteiger partial charge on any atom is 0.567 e. The lowest BCUT2D eigenvalue weighted by Crippen LogP contribution is -2.62. The van der Waals surface area contributed by atoms with Gasteiger partial charge in [-0.2, -0.15) is 4.48 Å². The Balaban J connectivity index is 3.50. The average molecular weight is 314 g/mol. The molecule has 1 rings (SSSR count). The van der Waals surface area contributed by atoms with Crippen molar-refractivity contribution in [2.24, 2.45) is 0 Å². The minimum atomic E-state index is -5.18. The number of para-hydroxylation sites is 1. The molecule has 0 fully saturated rings. The Morgan fingerprint density at radius 3 is 2.05 bits per heavy atom. The van der Waals surface area contributed by atoms with E-state index in [1.807, 2.05) is 0 Å². The van der Waals surface area contributed by atoms with E-state index in [0.717, 1.165) is 12.1 Å². The largest absolute Gasteiger partial charge is 0.567 e. The number of benzene rings is 1. The summed E-state index contributed by atoms with van der Waals surface area (Å²) in [6, 6.07) is 5.83. The summed E-state index contributed by atoms with van der Waals surface area (Å²) in [6.07, 6.45) is -6.85. The fourth-order valence-electron chi connectivity index (χ4n) is 1.80. The van der Waals surface area contributed by atoms with Crippen molar-refractivity contribution in [3.8, 4) is 0 Å². The van der Waals surface area contributed by atoms with Gasteiger partial charge in [-0.15, -0.1) is 13.2 Å². The Labute approximate surface area is 111 Å². The molecule has 0 heterocycles. The second-order valence-electron chi connectivity index (χ2n) is 4.13. The molecule has 0 saturated heterocycles. The van der Waals surface area contributed by atoms with Gasteiger partial charge in [-0.1, -0.05) is 18.2 Å². The van der Waals surface area contributed by atoms with Gasteiger partial charge < -0.3 is 14.9 Å². The molecule has 10 heteroatoms. The number of halogens is 3. The smallest absolute Gasteiger partial charge is 0.477 e. The van der Waals surface area contributed by atoms with Crippen LogP contribution in [0.4, 0.5) is 18.9 Å². The maximum atomic E-state index is 13.3. The lowest BCUT2D eigenvalue weighted by Gasteiger charge is -2.36. The van der Waals surface area contributed by atoms with Crippen molar-refractivity contribution in [3.05, 3.63) is 30.3 Å². The predicted molar refractivity (Wildman–Crippen MR) is 63.7 cm³/mol. The first-order valence-corrected chi connectivity index (χ1v) is 7.03. The summed E-state index contributed by atoms with van der Waals surface area (Å²) in [5, 5.41) is 8.70. The summed E-state index contributed by atoms with van der Waals surface area (Å²) >= 11 is 0. The number of carboxylic acid groups (broad SMARTS) is 1. The normalized spacial score (nSPS) is 15.7. The van der Waals surface area contributed by atoms with Crippen LogP contribution in [0.25, 0.3) is 0 Å². The third kappa shape index (κ3) is 3.80. The SMILES string of the molecule is O=C(O)C[N+](CP(=O)(O)O)(c1ccccc1)C(F)(F)F. The van der Waals surface area contributed by atoms with Crippen LogP contribution in [0.1, 0.15) is 0 Å². The fourth-order valence-corrected chi connectivity index (χ4v) is 2.85. The number of rotatable bonds is 5. The van der Waals surface area contributed by atoms with Crippen LogP contribution >= 0.6 is 7.60 Å². The zero-order valence-corrected chi connectivity index (χ0v) is 10.9. The molecule has 0 aliphatic carbocycles. The molecule has 112 valence electrons. The highest BCUT2D eigenvalue weighted by atomic mass is 31.2. The van der Waals surface area contributed by atoms with Crippen molar-refractivity contribution in [3.63, 3.8) is 0 Å². The molecule has 0 bridgehead atoms. The predicted octanol–water partition coefficient (Wildman–Crippen LogP) is 1.73. The van der Waals surface area contributed by atoms with Crippen molar-refractivity contribution in [1.29, 1.82) is 0 Å². The van der Waals surface area contributed by atoms with Crippen molar-refractivity contribution in [1.82, 2.24) is 4.48 Å². The number of nitrogens with zero attached hydrogens (tertiary/aromatic N) is 1. The van der Waals surface area contributed by atoms with Crippen molar-refractivity contribution >= 4 is 19.3 Å². The molecule has 1 atom stereocenters. The van der Waals surface area contributed by atoms with E-state index < -0.39 is 42.9 Å². The second-order valence-corrected chi connectivity index (χ2v) is 5.74. The van der Waals surface area contributed by atoms with Crippen LogP contribution < -0.4 is 4.48 Å². The molecule has 0 aliphatic heterocycles. The molecule has 0 amide bonds. The highest BCUT2D eigenvalue weighted by molar-refractivity contribution is 7.51. The Kier molecular flexibility index (Phi) is 4.60. The van der Waals surface area contributed by atoms with E-state index in [2.05, 4.69) is 0 Å². The van der Waals surface area contributed by atoms with Gasteiger partial charge in [0.1, 0.15) is 5.69 Å². The average Bonchev–Trinajstić information content (AvgIpc) is 2.25. The fraction of sp³-hybridized carbons (Fsp3) is 0.300. The van der Waals surface area contributed by atoms with Crippen LogP contribution in [0.2, 0.25) is 0 Å². The zero-order valence-electron chi connectivity index (χ0n) is 9.99. The third-order valence-electron chi connectivity index (χ3n) is 2.57. The zero-order chi connectivity index (χ0) is 15.6. The van der Waals surface area contributed by atoms with Gasteiger partial charge >= 0.3 is 19.9 Å². The Morgan fingerprint density at radius 2 is 1.70 bits per heavy atom. The summed E-state index contributed by atoms with van der Waals surface area (Å²) < 4.78 is 48.7. The van der Waals surface area contributed by atoms with E-state index in [-0.39, 0.29) is 0 Å². The number of hydrogen-bond acceptors (Lipinski definition) is 2. The third-order valence-corrected chi connectivity index (χ3v) is 3.42. The van der Waals surface area contributed by atoms with Crippen molar-refractivity contribution in [2.45, 2.75) is 6.30 Å². The molecule has 0 aromatic heterocycles. The minimum Gasteiger partial charge on any atom is -0.477 e. The van der Waals surface area contributed by atoms with E-state index in [0.29, 0.717) is 0 Å². The Hall–Kier alpha value is -1.41. The molecule has 1 unspecified atom stereocenters. The van der Waals surface area contributed by atoms with E-state index in [1.165, 1.54) is 18.2 Å². The van der Waals surface area contributed by atoms with Gasteiger partial charge in [-0.05, 0) is 12.1 Å². The van der Waals surface area contributed by atoms with Crippen LogP contribution in [0.15, 0.2) is 30.3 Å². The molecule has 3 N–H and O–H groups in total.